The number of hydrogen-bond donors (Lipinski definition) is 1. The van der Waals surface area contributed by atoms with Crippen molar-refractivity contribution >= 4 is 34.8 Å². The fourth-order valence-electron chi connectivity index (χ4n) is 2.49. The quantitative estimate of drug-likeness (QED) is 0.909. The van der Waals surface area contributed by atoms with Crippen LogP contribution in [0.25, 0.3) is 0 Å². The molecule has 0 spiro atoms. The third-order valence-corrected chi connectivity index (χ3v) is 4.44. The Hall–Kier alpha value is -2.10. The third-order valence-electron chi connectivity index (χ3n) is 3.63. The highest BCUT2D eigenvalue weighted by Gasteiger charge is 2.33. The number of nitrogens with two attached hydrogens (primary N) is 1. The van der Waals surface area contributed by atoms with Gasteiger partial charge in [0, 0.05) is 17.6 Å². The number of ketones is 2. The summed E-state index contributed by atoms with van der Waals surface area (Å²) in [5.74, 6) is -0.734. The van der Waals surface area contributed by atoms with Gasteiger partial charge in [-0.15, -0.1) is 0 Å². The molecule has 0 aliphatic heterocycles. The smallest absolute Gasteiger partial charge is 0.209 e. The SMILES string of the molecule is NC1=C(Cc2ccccc2)C(=O)c2c(ccc(Cl)c2Cl)C1=O. The summed E-state index contributed by atoms with van der Waals surface area (Å²) in [6.45, 7) is 0. The molecule has 0 radical (unpaired) electrons. The molecule has 0 saturated carbocycles. The van der Waals surface area contributed by atoms with Crippen LogP contribution in [0.4, 0.5) is 0 Å². The average Bonchev–Trinajstić information content (AvgIpc) is 2.53. The minimum absolute atomic E-state index is 0.0280. The van der Waals surface area contributed by atoms with Gasteiger partial charge in [-0.1, -0.05) is 53.5 Å². The van der Waals surface area contributed by atoms with E-state index in [4.69, 9.17) is 28.9 Å². The van der Waals surface area contributed by atoms with Gasteiger partial charge in [0.25, 0.3) is 0 Å². The van der Waals surface area contributed by atoms with E-state index in [1.165, 1.54) is 12.1 Å². The largest absolute Gasteiger partial charge is 0.395 e. The van der Waals surface area contributed by atoms with E-state index in [9.17, 15) is 9.59 Å². The fourth-order valence-corrected chi connectivity index (χ4v) is 2.90. The van der Waals surface area contributed by atoms with E-state index in [2.05, 4.69) is 0 Å². The Morgan fingerprint density at radius 1 is 0.909 bits per heavy atom. The van der Waals surface area contributed by atoms with Crippen LogP contribution in [0.3, 0.4) is 0 Å². The summed E-state index contributed by atoms with van der Waals surface area (Å²) in [6, 6.07) is 12.3. The lowest BCUT2D eigenvalue weighted by molar-refractivity contribution is 0.0971. The number of Topliss-reactive ketones (excluding diaryl/α,β-unsaturated/α-hetero) is 2. The van der Waals surface area contributed by atoms with Crippen molar-refractivity contribution < 1.29 is 9.59 Å². The first-order valence-corrected chi connectivity index (χ1v) is 7.36. The zero-order chi connectivity index (χ0) is 15.9. The van der Waals surface area contributed by atoms with Crippen molar-refractivity contribution in [2.45, 2.75) is 6.42 Å². The lowest BCUT2D eigenvalue weighted by Gasteiger charge is -2.20. The van der Waals surface area contributed by atoms with Gasteiger partial charge < -0.3 is 5.73 Å². The van der Waals surface area contributed by atoms with Crippen molar-refractivity contribution in [3.63, 3.8) is 0 Å². The van der Waals surface area contributed by atoms with Crippen LogP contribution in [-0.4, -0.2) is 11.6 Å². The van der Waals surface area contributed by atoms with E-state index in [1.54, 1.807) is 0 Å². The number of hydrogen-bond acceptors (Lipinski definition) is 3. The summed E-state index contributed by atoms with van der Waals surface area (Å²) in [5, 5.41) is 0.330. The average molecular weight is 332 g/mol. The Bertz CT molecular complexity index is 826. The van der Waals surface area contributed by atoms with E-state index in [-0.39, 0.29) is 50.4 Å². The molecule has 1 aliphatic rings. The van der Waals surface area contributed by atoms with Gasteiger partial charge in [-0.25, -0.2) is 0 Å². The van der Waals surface area contributed by atoms with Crippen LogP contribution in [0.1, 0.15) is 26.3 Å². The van der Waals surface area contributed by atoms with E-state index in [0.29, 0.717) is 0 Å². The molecule has 0 amide bonds. The predicted molar refractivity (Wildman–Crippen MR) is 86.5 cm³/mol. The molecule has 0 aromatic heterocycles. The first-order chi connectivity index (χ1) is 10.5. The monoisotopic (exact) mass is 331 g/mol. The Balaban J connectivity index is 2.12. The van der Waals surface area contributed by atoms with Crippen molar-refractivity contribution in [2.24, 2.45) is 5.73 Å². The molecule has 2 N–H and O–H groups in total. The second-order valence-corrected chi connectivity index (χ2v) is 5.78. The van der Waals surface area contributed by atoms with Crippen molar-refractivity contribution in [2.75, 3.05) is 0 Å². The molecule has 0 heterocycles. The van der Waals surface area contributed by atoms with Gasteiger partial charge in [0.2, 0.25) is 5.78 Å². The maximum Gasteiger partial charge on any atom is 0.209 e. The molecule has 110 valence electrons. The highest BCUT2D eigenvalue weighted by Crippen LogP contribution is 2.35. The number of allylic oxidation sites excluding steroid dienone is 2. The Morgan fingerprint density at radius 2 is 1.59 bits per heavy atom. The van der Waals surface area contributed by atoms with E-state index in [0.717, 1.165) is 5.56 Å². The van der Waals surface area contributed by atoms with E-state index in [1.807, 2.05) is 30.3 Å². The Kier molecular flexibility index (Phi) is 3.77. The van der Waals surface area contributed by atoms with Gasteiger partial charge in [0.15, 0.2) is 5.78 Å². The first kappa shape index (κ1) is 14.8. The molecule has 3 rings (SSSR count). The number of carbonyl (C=O) groups excluding carboxylic acids is 2. The van der Waals surface area contributed by atoms with Crippen LogP contribution in [0.5, 0.6) is 0 Å². The molecule has 5 heteroatoms. The molecule has 2 aromatic rings. The number of rotatable bonds is 2. The van der Waals surface area contributed by atoms with E-state index < -0.39 is 0 Å². The molecule has 0 atom stereocenters. The van der Waals surface area contributed by atoms with Crippen molar-refractivity contribution in [3.8, 4) is 0 Å². The van der Waals surface area contributed by atoms with Crippen molar-refractivity contribution in [1.82, 2.24) is 0 Å². The highest BCUT2D eigenvalue weighted by molar-refractivity contribution is 6.46. The van der Waals surface area contributed by atoms with Gasteiger partial charge in [0.05, 0.1) is 21.3 Å². The second-order valence-electron chi connectivity index (χ2n) is 5.00. The lowest BCUT2D eigenvalue weighted by Crippen LogP contribution is -2.28. The summed E-state index contributed by atoms with van der Waals surface area (Å²) in [4.78, 5) is 25.1. The lowest BCUT2D eigenvalue weighted by atomic mass is 9.84. The summed E-state index contributed by atoms with van der Waals surface area (Å²) >= 11 is 12.1. The first-order valence-electron chi connectivity index (χ1n) is 6.60. The number of halogens is 2. The Morgan fingerprint density at radius 3 is 2.27 bits per heavy atom. The molecule has 1 aliphatic carbocycles. The minimum Gasteiger partial charge on any atom is -0.395 e. The maximum absolute atomic E-state index is 12.7. The Labute approximate surface area is 137 Å². The topological polar surface area (TPSA) is 60.2 Å². The summed E-state index contributed by atoms with van der Waals surface area (Å²) < 4.78 is 0. The zero-order valence-electron chi connectivity index (χ0n) is 11.4. The fraction of sp³-hybridized carbons (Fsp3) is 0.0588. The molecular formula is C17H11Cl2NO2. The van der Waals surface area contributed by atoms with Gasteiger partial charge in [0.1, 0.15) is 0 Å². The van der Waals surface area contributed by atoms with Gasteiger partial charge in [-0.3, -0.25) is 9.59 Å². The standard InChI is InChI=1S/C17H11Cl2NO2/c18-12-7-6-10-13(14(12)19)16(21)11(15(20)17(10)22)8-9-4-2-1-3-5-9/h1-7H,8,20H2. The highest BCUT2D eigenvalue weighted by atomic mass is 35.5. The summed E-state index contributed by atoms with van der Waals surface area (Å²) in [7, 11) is 0. The minimum atomic E-state index is -0.390. The molecule has 0 saturated heterocycles. The summed E-state index contributed by atoms with van der Waals surface area (Å²) in [6.07, 6.45) is 0.277. The van der Waals surface area contributed by atoms with Crippen molar-refractivity contribution in [3.05, 3.63) is 80.5 Å². The number of carbonyl (C=O) groups is 2. The van der Waals surface area contributed by atoms with Gasteiger partial charge in [-0.05, 0) is 17.7 Å². The number of fused-ring (bicyclic) bond motifs is 1. The third kappa shape index (κ3) is 2.32. The normalized spacial score (nSPS) is 14.3. The zero-order valence-corrected chi connectivity index (χ0v) is 12.9. The van der Waals surface area contributed by atoms with Gasteiger partial charge >= 0.3 is 0 Å². The predicted octanol–water partition coefficient (Wildman–Crippen LogP) is 3.83. The van der Waals surface area contributed by atoms with Crippen LogP contribution in [-0.2, 0) is 6.42 Å². The van der Waals surface area contributed by atoms with Crippen LogP contribution in [0.2, 0.25) is 10.0 Å². The molecule has 3 nitrogen and oxygen atoms in total. The van der Waals surface area contributed by atoms with Crippen molar-refractivity contribution in [1.29, 1.82) is 0 Å². The molecule has 22 heavy (non-hydrogen) atoms. The summed E-state index contributed by atoms with van der Waals surface area (Å²) in [5.41, 5.74) is 7.36. The van der Waals surface area contributed by atoms with E-state index >= 15 is 0 Å². The molecule has 0 bridgehead atoms. The molecular weight excluding hydrogens is 321 g/mol. The van der Waals surface area contributed by atoms with Crippen LogP contribution < -0.4 is 5.73 Å². The molecule has 2 aromatic carbocycles. The second kappa shape index (κ2) is 5.59. The molecule has 0 fully saturated rings. The van der Waals surface area contributed by atoms with Crippen LogP contribution >= 0.6 is 23.2 Å². The van der Waals surface area contributed by atoms with Crippen LogP contribution in [0.15, 0.2) is 53.7 Å². The maximum atomic E-state index is 12.7. The molecule has 0 unspecified atom stereocenters. The van der Waals surface area contributed by atoms with Gasteiger partial charge in [-0.2, -0.15) is 0 Å². The number of benzene rings is 2. The van der Waals surface area contributed by atoms with Crippen LogP contribution in [0, 0.1) is 0 Å².